The number of β-amino-alcohol motifs (C(OH)–C–C–N with tert-alkyl or cyclic N) is 1. The van der Waals surface area contributed by atoms with E-state index in [9.17, 15) is 5.11 Å². The lowest BCUT2D eigenvalue weighted by molar-refractivity contribution is 0.223. The zero-order valence-electron chi connectivity index (χ0n) is 18.4. The summed E-state index contributed by atoms with van der Waals surface area (Å²) >= 11 is 5.64. The van der Waals surface area contributed by atoms with Crippen molar-refractivity contribution in [2.75, 3.05) is 32.1 Å². The minimum Gasteiger partial charge on any atom is -0.395 e. The third kappa shape index (κ3) is 3.91. The van der Waals surface area contributed by atoms with Gasteiger partial charge in [0.05, 0.1) is 24.4 Å². The normalized spacial score (nSPS) is 18.4. The molecule has 0 amide bonds. The second-order valence-electron chi connectivity index (χ2n) is 8.12. The largest absolute Gasteiger partial charge is 0.395 e. The molecule has 0 saturated carbocycles. The number of aromatic nitrogens is 2. The first-order valence-electron chi connectivity index (χ1n) is 10.5. The molecule has 0 bridgehead atoms. The van der Waals surface area contributed by atoms with Crippen molar-refractivity contribution in [2.24, 2.45) is 0 Å². The van der Waals surface area contributed by atoms with Gasteiger partial charge in [0.15, 0.2) is 5.11 Å². The molecule has 1 fully saturated rings. The van der Waals surface area contributed by atoms with E-state index in [1.54, 1.807) is 6.20 Å². The number of aryl methyl sites for hydroxylation is 1. The van der Waals surface area contributed by atoms with Gasteiger partial charge in [-0.1, -0.05) is 6.07 Å². The van der Waals surface area contributed by atoms with E-state index < -0.39 is 0 Å². The highest BCUT2D eigenvalue weighted by atomic mass is 32.1. The highest BCUT2D eigenvalue weighted by Gasteiger charge is 2.41. The van der Waals surface area contributed by atoms with Gasteiger partial charge in [0.2, 0.25) is 0 Å². The number of rotatable bonds is 6. The van der Waals surface area contributed by atoms with Crippen LogP contribution in [0.1, 0.15) is 34.7 Å². The second-order valence-corrected chi connectivity index (χ2v) is 8.50. The minimum atomic E-state index is -0.0784. The number of hydrogen-bond donors (Lipinski definition) is 2. The molecule has 1 aliphatic rings. The fourth-order valence-corrected chi connectivity index (χ4v) is 4.81. The van der Waals surface area contributed by atoms with Crippen molar-refractivity contribution in [1.29, 1.82) is 0 Å². The van der Waals surface area contributed by atoms with Crippen LogP contribution in [0.5, 0.6) is 0 Å². The number of pyridine rings is 1. The zero-order valence-corrected chi connectivity index (χ0v) is 19.2. The van der Waals surface area contributed by atoms with E-state index in [4.69, 9.17) is 12.2 Å². The van der Waals surface area contributed by atoms with Crippen LogP contribution >= 0.6 is 12.2 Å². The molecule has 1 saturated heterocycles. The van der Waals surface area contributed by atoms with E-state index >= 15 is 0 Å². The number of thiocarbonyl (C=S) groups is 1. The van der Waals surface area contributed by atoms with Crippen LogP contribution < -0.4 is 10.2 Å². The monoisotopic (exact) mass is 435 g/mol. The summed E-state index contributed by atoms with van der Waals surface area (Å²) in [5.41, 5.74) is 6.74. The number of anilines is 1. The lowest BCUT2D eigenvalue weighted by Crippen LogP contribution is -2.32. The van der Waals surface area contributed by atoms with Crippen LogP contribution in [0.15, 0.2) is 54.7 Å². The standard InChI is InChI=1S/C24H29N5OS/c1-16-15-20(17(2)29(16)19-10-8-18(9-11-19)27(3)4)23-22(21-7-5-6-12-25-21)26-24(31)28(23)13-14-30/h5-12,15,22-23,30H,13-14H2,1-4H3,(H,26,31)/t22-,23-/m0/s1. The van der Waals surface area contributed by atoms with Crippen molar-refractivity contribution in [2.45, 2.75) is 25.9 Å². The first kappa shape index (κ1) is 21.3. The molecule has 0 unspecified atom stereocenters. The highest BCUT2D eigenvalue weighted by molar-refractivity contribution is 7.80. The fourth-order valence-electron chi connectivity index (χ4n) is 4.48. The van der Waals surface area contributed by atoms with Gasteiger partial charge in [0.25, 0.3) is 0 Å². The Morgan fingerprint density at radius 3 is 2.48 bits per heavy atom. The van der Waals surface area contributed by atoms with E-state index in [1.165, 1.54) is 11.3 Å². The molecule has 6 nitrogen and oxygen atoms in total. The topological polar surface area (TPSA) is 56.6 Å². The molecule has 31 heavy (non-hydrogen) atoms. The average Bonchev–Trinajstić information content (AvgIpc) is 3.24. The SMILES string of the molecule is Cc1cc([C@H]2[C@H](c3ccccn3)NC(=S)N2CCO)c(C)n1-c1ccc(N(C)C)cc1. The number of nitrogens with zero attached hydrogens (tertiary/aromatic N) is 4. The van der Waals surface area contributed by atoms with Crippen molar-refractivity contribution >= 4 is 23.0 Å². The molecule has 2 atom stereocenters. The maximum atomic E-state index is 9.69. The van der Waals surface area contributed by atoms with Crippen molar-refractivity contribution in [3.8, 4) is 5.69 Å². The Morgan fingerprint density at radius 1 is 1.13 bits per heavy atom. The van der Waals surface area contributed by atoms with Gasteiger partial charge in [-0.25, -0.2) is 0 Å². The van der Waals surface area contributed by atoms with Gasteiger partial charge in [-0.2, -0.15) is 0 Å². The van der Waals surface area contributed by atoms with Gasteiger partial charge in [-0.3, -0.25) is 4.98 Å². The molecule has 4 rings (SSSR count). The summed E-state index contributed by atoms with van der Waals surface area (Å²) in [5, 5.41) is 13.8. The molecule has 3 aromatic rings. The minimum absolute atomic E-state index is 0.0397. The number of benzene rings is 1. The number of nitrogens with one attached hydrogen (secondary N) is 1. The summed E-state index contributed by atoms with van der Waals surface area (Å²) in [7, 11) is 4.09. The summed E-state index contributed by atoms with van der Waals surface area (Å²) in [5.74, 6) is 0. The summed E-state index contributed by atoms with van der Waals surface area (Å²) in [6.07, 6.45) is 1.81. The van der Waals surface area contributed by atoms with Crippen molar-refractivity contribution in [1.82, 2.24) is 19.8 Å². The van der Waals surface area contributed by atoms with E-state index in [-0.39, 0.29) is 18.7 Å². The smallest absolute Gasteiger partial charge is 0.170 e. The quantitative estimate of drug-likeness (QED) is 0.578. The van der Waals surface area contributed by atoms with E-state index in [0.29, 0.717) is 11.7 Å². The van der Waals surface area contributed by atoms with Crippen LogP contribution in [0.25, 0.3) is 5.69 Å². The Labute approximate surface area is 189 Å². The van der Waals surface area contributed by atoms with Crippen LogP contribution in [-0.2, 0) is 0 Å². The van der Waals surface area contributed by atoms with E-state index in [0.717, 1.165) is 22.8 Å². The number of hydrogen-bond acceptors (Lipinski definition) is 4. The molecule has 3 heterocycles. The van der Waals surface area contributed by atoms with Crippen LogP contribution in [0, 0.1) is 13.8 Å². The van der Waals surface area contributed by atoms with Gasteiger partial charge in [0.1, 0.15) is 0 Å². The average molecular weight is 436 g/mol. The van der Waals surface area contributed by atoms with Crippen LogP contribution in [0.4, 0.5) is 5.69 Å². The molecule has 0 spiro atoms. The Bertz CT molecular complexity index is 1060. The van der Waals surface area contributed by atoms with Gasteiger partial charge in [-0.15, -0.1) is 0 Å². The van der Waals surface area contributed by atoms with E-state index in [1.807, 2.05) is 32.3 Å². The molecule has 1 aromatic carbocycles. The third-order valence-corrected chi connectivity index (χ3v) is 6.30. The first-order valence-corrected chi connectivity index (χ1v) is 10.9. The van der Waals surface area contributed by atoms with Crippen LogP contribution in [0.2, 0.25) is 0 Å². The lowest BCUT2D eigenvalue weighted by Gasteiger charge is -2.27. The van der Waals surface area contributed by atoms with Crippen molar-refractivity contribution in [3.63, 3.8) is 0 Å². The summed E-state index contributed by atoms with van der Waals surface area (Å²) in [4.78, 5) is 8.76. The second kappa shape index (κ2) is 8.69. The van der Waals surface area contributed by atoms with E-state index in [2.05, 4.69) is 68.8 Å². The zero-order chi connectivity index (χ0) is 22.1. The molecule has 7 heteroatoms. The molecule has 2 N–H and O–H groups in total. The number of aliphatic hydroxyl groups excluding tert-OH is 1. The van der Waals surface area contributed by atoms with Gasteiger partial charge >= 0.3 is 0 Å². The predicted molar refractivity (Wildman–Crippen MR) is 129 cm³/mol. The molecule has 162 valence electrons. The molecule has 2 aromatic heterocycles. The molecule has 1 aliphatic heterocycles. The van der Waals surface area contributed by atoms with Gasteiger partial charge in [-0.05, 0) is 74.1 Å². The molecule has 0 radical (unpaired) electrons. The third-order valence-electron chi connectivity index (χ3n) is 5.95. The van der Waals surface area contributed by atoms with Crippen LogP contribution in [-0.4, -0.2) is 51.9 Å². The Morgan fingerprint density at radius 2 is 1.87 bits per heavy atom. The highest BCUT2D eigenvalue weighted by Crippen LogP contribution is 2.41. The fraction of sp³-hybridized carbons (Fsp3) is 0.333. The maximum absolute atomic E-state index is 9.69. The summed E-state index contributed by atoms with van der Waals surface area (Å²) in [6.45, 7) is 4.79. The Kier molecular flexibility index (Phi) is 5.98. The van der Waals surface area contributed by atoms with Crippen molar-refractivity contribution < 1.29 is 5.11 Å². The molecule has 0 aliphatic carbocycles. The van der Waals surface area contributed by atoms with Gasteiger partial charge in [0, 0.05) is 49.6 Å². The number of aliphatic hydroxyl groups is 1. The lowest BCUT2D eigenvalue weighted by atomic mass is 9.97. The summed E-state index contributed by atoms with van der Waals surface area (Å²) < 4.78 is 2.28. The molecular weight excluding hydrogens is 406 g/mol. The maximum Gasteiger partial charge on any atom is 0.170 e. The molecular formula is C24H29N5OS. The predicted octanol–water partition coefficient (Wildman–Crippen LogP) is 3.52. The summed E-state index contributed by atoms with van der Waals surface area (Å²) in [6, 6.07) is 16.6. The van der Waals surface area contributed by atoms with Gasteiger partial charge < -0.3 is 24.8 Å². The first-order chi connectivity index (χ1) is 14.9. The van der Waals surface area contributed by atoms with Crippen molar-refractivity contribution in [3.05, 3.63) is 77.4 Å². The Hall–Kier alpha value is -2.90. The Balaban J connectivity index is 1.79. The van der Waals surface area contributed by atoms with Crippen LogP contribution in [0.3, 0.4) is 0 Å².